The molecule has 182 valence electrons. The third-order valence-electron chi connectivity index (χ3n) is 7.28. The molecule has 0 radical (unpaired) electrons. The van der Waals surface area contributed by atoms with E-state index in [-0.39, 0.29) is 17.7 Å². The molecular formula is C32H25ClN2O2. The largest absolute Gasteiger partial charge is 0.322 e. The normalized spacial score (nSPS) is 15.6. The molecule has 4 aromatic rings. The van der Waals surface area contributed by atoms with Gasteiger partial charge in [-0.05, 0) is 87.7 Å². The van der Waals surface area contributed by atoms with Crippen LogP contribution >= 0.6 is 11.6 Å². The summed E-state index contributed by atoms with van der Waals surface area (Å²) in [4.78, 5) is 26.2. The first-order valence-corrected chi connectivity index (χ1v) is 12.8. The fourth-order valence-corrected chi connectivity index (χ4v) is 5.75. The SMILES string of the molecule is NC1C=c2ccccc2=c2ccc3c(c21)CCCC=3C(=O)c1ccc(NC(=O)c2ccccc2Cl)cc1. The van der Waals surface area contributed by atoms with Crippen molar-refractivity contribution in [3.8, 4) is 0 Å². The summed E-state index contributed by atoms with van der Waals surface area (Å²) >= 11 is 6.14. The summed E-state index contributed by atoms with van der Waals surface area (Å²) in [6.45, 7) is 0. The number of fused-ring (bicyclic) bond motifs is 4. The lowest BCUT2D eigenvalue weighted by Crippen LogP contribution is -2.29. The lowest BCUT2D eigenvalue weighted by molar-refractivity contribution is 0.102. The van der Waals surface area contributed by atoms with Crippen molar-refractivity contribution in [2.24, 2.45) is 5.73 Å². The average Bonchev–Trinajstić information content (AvgIpc) is 2.92. The zero-order valence-electron chi connectivity index (χ0n) is 20.1. The lowest BCUT2D eigenvalue weighted by Gasteiger charge is -2.23. The number of Topliss-reactive ketones (excluding diaryl/α,β-unsaturated/α-hetero) is 1. The minimum absolute atomic E-state index is 0.0126. The highest BCUT2D eigenvalue weighted by Crippen LogP contribution is 2.27. The summed E-state index contributed by atoms with van der Waals surface area (Å²) < 4.78 is 0. The van der Waals surface area contributed by atoms with Crippen molar-refractivity contribution in [1.82, 2.24) is 0 Å². The predicted molar refractivity (Wildman–Crippen MR) is 148 cm³/mol. The highest BCUT2D eigenvalue weighted by molar-refractivity contribution is 6.34. The Balaban J connectivity index is 1.36. The van der Waals surface area contributed by atoms with Crippen molar-refractivity contribution in [1.29, 1.82) is 0 Å². The van der Waals surface area contributed by atoms with E-state index in [1.165, 1.54) is 10.8 Å². The third-order valence-corrected chi connectivity index (χ3v) is 7.61. The molecule has 4 nitrogen and oxygen atoms in total. The molecule has 0 aromatic heterocycles. The van der Waals surface area contributed by atoms with Gasteiger partial charge in [-0.2, -0.15) is 0 Å². The maximum atomic E-state index is 13.6. The van der Waals surface area contributed by atoms with Crippen molar-refractivity contribution in [3.05, 3.63) is 133 Å². The first-order chi connectivity index (χ1) is 18.0. The zero-order chi connectivity index (χ0) is 25.5. The Bertz CT molecular complexity index is 1790. The predicted octanol–water partition coefficient (Wildman–Crippen LogP) is 5.04. The van der Waals surface area contributed by atoms with E-state index in [1.807, 2.05) is 12.1 Å². The van der Waals surface area contributed by atoms with E-state index in [1.54, 1.807) is 48.5 Å². The molecule has 4 aromatic carbocycles. The first-order valence-electron chi connectivity index (χ1n) is 12.4. The van der Waals surface area contributed by atoms with Gasteiger partial charge in [-0.3, -0.25) is 9.59 Å². The van der Waals surface area contributed by atoms with Crippen LogP contribution in [0.15, 0.2) is 84.9 Å². The second-order valence-electron chi connectivity index (χ2n) is 9.51. The number of carbonyl (C=O) groups is 2. The molecule has 6 rings (SSSR count). The summed E-state index contributed by atoms with van der Waals surface area (Å²) in [5.41, 5.74) is 11.4. The monoisotopic (exact) mass is 504 g/mol. The van der Waals surface area contributed by atoms with Gasteiger partial charge in [0.2, 0.25) is 0 Å². The lowest BCUT2D eigenvalue weighted by atomic mass is 9.82. The van der Waals surface area contributed by atoms with E-state index in [9.17, 15) is 9.59 Å². The number of rotatable bonds is 4. The molecular weight excluding hydrogens is 480 g/mol. The number of amides is 1. The number of ketones is 1. The van der Waals surface area contributed by atoms with Crippen LogP contribution in [0.5, 0.6) is 0 Å². The number of hydrogen-bond acceptors (Lipinski definition) is 3. The Morgan fingerprint density at radius 1 is 0.811 bits per heavy atom. The molecule has 2 aliphatic carbocycles. The summed E-state index contributed by atoms with van der Waals surface area (Å²) in [5.74, 6) is -0.279. The molecule has 0 fully saturated rings. The molecule has 5 heteroatoms. The van der Waals surface area contributed by atoms with Crippen LogP contribution in [0.25, 0.3) is 11.6 Å². The molecule has 1 amide bonds. The smallest absolute Gasteiger partial charge is 0.257 e. The number of benzene rings is 4. The van der Waals surface area contributed by atoms with E-state index >= 15 is 0 Å². The van der Waals surface area contributed by atoms with Gasteiger partial charge in [-0.25, -0.2) is 0 Å². The quantitative estimate of drug-likeness (QED) is 0.382. The van der Waals surface area contributed by atoms with E-state index in [0.29, 0.717) is 21.8 Å². The first kappa shape index (κ1) is 23.4. The second-order valence-corrected chi connectivity index (χ2v) is 9.91. The summed E-state index contributed by atoms with van der Waals surface area (Å²) in [6, 6.07) is 26.2. The van der Waals surface area contributed by atoms with Crippen LogP contribution in [0.4, 0.5) is 5.69 Å². The number of anilines is 1. The minimum atomic E-state index is -0.292. The van der Waals surface area contributed by atoms with Crippen molar-refractivity contribution in [2.75, 3.05) is 5.32 Å². The van der Waals surface area contributed by atoms with Crippen LogP contribution in [0.2, 0.25) is 5.02 Å². The fraction of sp³-hybridized carbons (Fsp3) is 0.125. The summed E-state index contributed by atoms with van der Waals surface area (Å²) in [5, 5.41) is 7.75. The van der Waals surface area contributed by atoms with Gasteiger partial charge in [-0.15, -0.1) is 0 Å². The van der Waals surface area contributed by atoms with Crippen molar-refractivity contribution in [2.45, 2.75) is 25.3 Å². The van der Waals surface area contributed by atoms with Gasteiger partial charge in [0.25, 0.3) is 5.91 Å². The van der Waals surface area contributed by atoms with Gasteiger partial charge < -0.3 is 11.1 Å². The zero-order valence-corrected chi connectivity index (χ0v) is 20.9. The van der Waals surface area contributed by atoms with Crippen LogP contribution < -0.4 is 21.5 Å². The molecule has 0 aliphatic heterocycles. The maximum absolute atomic E-state index is 13.6. The molecule has 37 heavy (non-hydrogen) atoms. The van der Waals surface area contributed by atoms with Crippen molar-refractivity contribution < 1.29 is 9.59 Å². The molecule has 1 unspecified atom stereocenters. The maximum Gasteiger partial charge on any atom is 0.257 e. The van der Waals surface area contributed by atoms with Crippen LogP contribution in [-0.2, 0) is 6.42 Å². The summed E-state index contributed by atoms with van der Waals surface area (Å²) in [7, 11) is 0. The molecule has 0 heterocycles. The molecule has 3 N–H and O–H groups in total. The van der Waals surface area contributed by atoms with Crippen LogP contribution in [0.1, 0.15) is 50.7 Å². The number of carbonyl (C=O) groups excluding carboxylic acids is 2. The van der Waals surface area contributed by atoms with E-state index in [4.69, 9.17) is 17.3 Å². The molecule has 2 aliphatic rings. The standard InChI is InChI=1S/C32H25ClN2O2/c33-28-11-4-3-8-27(28)32(37)35-21-14-12-19(13-15-21)31(36)26-10-5-9-24-23(26)16-17-25-22-7-2-1-6-20(22)18-29(34)30(24)25/h1-4,6-8,11-18,29H,5,9-10,34H2,(H,35,37). The topological polar surface area (TPSA) is 72.2 Å². The molecule has 0 bridgehead atoms. The Kier molecular flexibility index (Phi) is 5.99. The highest BCUT2D eigenvalue weighted by atomic mass is 35.5. The summed E-state index contributed by atoms with van der Waals surface area (Å²) in [6.07, 6.45) is 4.66. The number of halogens is 1. The number of nitrogens with two attached hydrogens (primary N) is 1. The van der Waals surface area contributed by atoms with Gasteiger partial charge in [0.05, 0.1) is 10.6 Å². The third kappa shape index (κ3) is 4.18. The van der Waals surface area contributed by atoms with Gasteiger partial charge >= 0.3 is 0 Å². The highest BCUT2D eigenvalue weighted by Gasteiger charge is 2.23. The van der Waals surface area contributed by atoms with E-state index in [2.05, 4.69) is 35.7 Å². The Labute approximate surface area is 219 Å². The average molecular weight is 505 g/mol. The minimum Gasteiger partial charge on any atom is -0.322 e. The van der Waals surface area contributed by atoms with E-state index < -0.39 is 0 Å². The van der Waals surface area contributed by atoms with Gasteiger partial charge in [-0.1, -0.05) is 66.2 Å². The van der Waals surface area contributed by atoms with Crippen LogP contribution in [-0.4, -0.2) is 11.7 Å². The number of nitrogens with one attached hydrogen (secondary N) is 1. The van der Waals surface area contributed by atoms with Crippen molar-refractivity contribution in [3.63, 3.8) is 0 Å². The Morgan fingerprint density at radius 2 is 1.54 bits per heavy atom. The molecule has 0 spiro atoms. The Hall–Kier alpha value is -3.99. The van der Waals surface area contributed by atoms with Crippen molar-refractivity contribution >= 4 is 40.6 Å². The van der Waals surface area contributed by atoms with Gasteiger partial charge in [0.1, 0.15) is 0 Å². The molecule has 0 saturated heterocycles. The van der Waals surface area contributed by atoms with Crippen LogP contribution in [0, 0.1) is 10.4 Å². The van der Waals surface area contributed by atoms with Gasteiger partial charge in [0.15, 0.2) is 5.78 Å². The molecule has 1 atom stereocenters. The Morgan fingerprint density at radius 3 is 2.35 bits per heavy atom. The van der Waals surface area contributed by atoms with Crippen LogP contribution in [0.3, 0.4) is 0 Å². The molecule has 0 saturated carbocycles. The van der Waals surface area contributed by atoms with E-state index in [0.717, 1.165) is 46.1 Å². The number of hydrogen-bond donors (Lipinski definition) is 2. The fourth-order valence-electron chi connectivity index (χ4n) is 5.53. The second kappa shape index (κ2) is 9.47. The van der Waals surface area contributed by atoms with Gasteiger partial charge in [0, 0.05) is 22.9 Å².